The van der Waals surface area contributed by atoms with Crippen LogP contribution in [0.25, 0.3) is 0 Å². The molecule has 3 rings (SSSR count). The highest BCUT2D eigenvalue weighted by molar-refractivity contribution is 7.99. The minimum absolute atomic E-state index is 0.123. The first-order valence-corrected chi connectivity index (χ1v) is 14.1. The van der Waals surface area contributed by atoms with Crippen molar-refractivity contribution < 1.29 is 29.3 Å². The molecule has 0 aromatic heterocycles. The van der Waals surface area contributed by atoms with Crippen LogP contribution >= 0.6 is 11.8 Å². The molecule has 0 saturated carbocycles. The van der Waals surface area contributed by atoms with Crippen molar-refractivity contribution in [3.63, 3.8) is 0 Å². The maximum atomic E-state index is 14.3. The number of carboxylic acid groups (broad SMARTS) is 2. The Balaban J connectivity index is 1.95. The van der Waals surface area contributed by atoms with E-state index < -0.39 is 12.2 Å². The van der Waals surface area contributed by atoms with E-state index in [0.29, 0.717) is 43.1 Å². The van der Waals surface area contributed by atoms with E-state index in [2.05, 4.69) is 0 Å². The van der Waals surface area contributed by atoms with Gasteiger partial charge in [0, 0.05) is 55.1 Å². The molecule has 10 nitrogen and oxygen atoms in total. The van der Waals surface area contributed by atoms with E-state index in [0.717, 1.165) is 22.6 Å². The summed E-state index contributed by atoms with van der Waals surface area (Å²) in [5.41, 5.74) is 1.37. The first-order valence-electron chi connectivity index (χ1n) is 13.3. The second-order valence-electron chi connectivity index (χ2n) is 9.25. The number of carbonyl (C=O) groups is 3. The fraction of sp³-hybridized carbons (Fsp3) is 0.464. The Labute approximate surface area is 234 Å². The molecule has 2 N–H and O–H groups in total. The van der Waals surface area contributed by atoms with Gasteiger partial charge in [0.05, 0.1) is 18.5 Å². The highest BCUT2D eigenvalue weighted by atomic mass is 32.2. The van der Waals surface area contributed by atoms with E-state index in [4.69, 9.17) is 4.74 Å². The molecular weight excluding hydrogens is 520 g/mol. The van der Waals surface area contributed by atoms with Crippen LogP contribution in [0.2, 0.25) is 0 Å². The van der Waals surface area contributed by atoms with Crippen LogP contribution in [-0.2, 0) is 0 Å². The van der Waals surface area contributed by atoms with E-state index in [9.17, 15) is 24.6 Å². The van der Waals surface area contributed by atoms with E-state index in [1.165, 1.54) is 9.80 Å². The summed E-state index contributed by atoms with van der Waals surface area (Å²) >= 11 is 1.56. The van der Waals surface area contributed by atoms with Crippen LogP contribution in [0.3, 0.4) is 0 Å². The van der Waals surface area contributed by atoms with Crippen LogP contribution in [0.5, 0.6) is 5.75 Å². The van der Waals surface area contributed by atoms with Crippen LogP contribution < -0.4 is 9.64 Å². The topological polar surface area (TPSA) is 114 Å². The van der Waals surface area contributed by atoms with Crippen LogP contribution in [0.4, 0.5) is 25.8 Å². The molecule has 1 aliphatic rings. The molecule has 0 atom stereocenters. The van der Waals surface area contributed by atoms with Gasteiger partial charge in [-0.05, 0) is 37.1 Å². The Morgan fingerprint density at radius 3 is 1.85 bits per heavy atom. The average Bonchev–Trinajstić information content (AvgIpc) is 2.93. The molecule has 1 aliphatic heterocycles. The highest BCUT2D eigenvalue weighted by Gasteiger charge is 2.32. The maximum Gasteiger partial charge on any atom is 0.407 e. The third-order valence-corrected chi connectivity index (χ3v) is 7.71. The summed E-state index contributed by atoms with van der Waals surface area (Å²) in [7, 11) is 1.57. The quantitative estimate of drug-likeness (QED) is 0.297. The third-order valence-electron chi connectivity index (χ3n) is 6.58. The molecule has 212 valence electrons. The molecule has 0 aliphatic carbocycles. The Morgan fingerprint density at radius 1 is 0.769 bits per heavy atom. The first kappa shape index (κ1) is 29.9. The van der Waals surface area contributed by atoms with Crippen molar-refractivity contribution in [2.75, 3.05) is 51.3 Å². The molecule has 0 radical (unpaired) electrons. The lowest BCUT2D eigenvalue weighted by Crippen LogP contribution is -2.49. The maximum absolute atomic E-state index is 14.3. The summed E-state index contributed by atoms with van der Waals surface area (Å²) in [5, 5.41) is 19.4. The van der Waals surface area contributed by atoms with Crippen molar-refractivity contribution in [2.24, 2.45) is 0 Å². The van der Waals surface area contributed by atoms with Gasteiger partial charge in [-0.2, -0.15) is 0 Å². The first-order chi connectivity index (χ1) is 18.8. The zero-order valence-electron chi connectivity index (χ0n) is 22.8. The second kappa shape index (κ2) is 14.5. The lowest BCUT2D eigenvalue weighted by atomic mass is 10.2. The molecule has 0 spiro atoms. The number of unbranched alkanes of at least 4 members (excludes halogenated alkanes) is 2. The number of nitrogens with zero attached hydrogens (tertiary/aromatic N) is 4. The van der Waals surface area contributed by atoms with Crippen LogP contribution in [0, 0.1) is 0 Å². The minimum Gasteiger partial charge on any atom is -0.497 e. The predicted molar refractivity (Wildman–Crippen MR) is 152 cm³/mol. The van der Waals surface area contributed by atoms with Gasteiger partial charge in [0.25, 0.3) is 0 Å². The van der Waals surface area contributed by atoms with Crippen molar-refractivity contribution in [2.45, 2.75) is 49.3 Å². The largest absolute Gasteiger partial charge is 0.497 e. The fourth-order valence-electron chi connectivity index (χ4n) is 4.30. The zero-order chi connectivity index (χ0) is 28.4. The predicted octanol–water partition coefficient (Wildman–Crippen LogP) is 6.28. The minimum atomic E-state index is -1.04. The Hall–Kier alpha value is -3.60. The number of rotatable bonds is 13. The van der Waals surface area contributed by atoms with Gasteiger partial charge in [0.1, 0.15) is 5.75 Å². The van der Waals surface area contributed by atoms with Crippen molar-refractivity contribution in [1.82, 2.24) is 14.7 Å². The molecule has 0 fully saturated rings. The van der Waals surface area contributed by atoms with Crippen molar-refractivity contribution in [3.8, 4) is 5.75 Å². The van der Waals surface area contributed by atoms with Crippen molar-refractivity contribution >= 4 is 41.4 Å². The molecule has 0 saturated heterocycles. The van der Waals surface area contributed by atoms with E-state index >= 15 is 0 Å². The molecule has 39 heavy (non-hydrogen) atoms. The monoisotopic (exact) mass is 558 g/mol. The van der Waals surface area contributed by atoms with Gasteiger partial charge in [-0.25, -0.2) is 14.4 Å². The van der Waals surface area contributed by atoms with E-state index in [-0.39, 0.29) is 32.2 Å². The molecule has 2 aromatic carbocycles. The Bertz CT molecular complexity index is 1120. The van der Waals surface area contributed by atoms with Crippen LogP contribution in [0.1, 0.15) is 39.5 Å². The number of fused-ring (bicyclic) bond motifs is 2. The van der Waals surface area contributed by atoms with Crippen LogP contribution in [-0.4, -0.2) is 89.5 Å². The average molecular weight is 559 g/mol. The van der Waals surface area contributed by atoms with Gasteiger partial charge < -0.3 is 29.6 Å². The highest BCUT2D eigenvalue weighted by Crippen LogP contribution is 2.49. The number of methoxy groups -OCH3 is 1. The number of urea groups is 1. The number of para-hydroxylation sites is 1. The summed E-state index contributed by atoms with van der Waals surface area (Å²) in [6, 6.07) is 12.8. The van der Waals surface area contributed by atoms with E-state index in [1.54, 1.807) is 28.7 Å². The standard InChI is InChI=1S/C28H38N4O6S/c1-4-6-14-30(27(34)35)18-16-29(17-19-31(28(36)37)15-7-5-2)26(33)32-22-10-8-9-11-24(22)39-25-13-12-21(38-3)20-23(25)32/h8-13,20H,4-7,14-19H2,1-3H3,(H,34,35)(H,36,37). The fourth-order valence-corrected chi connectivity index (χ4v) is 5.34. The third kappa shape index (κ3) is 7.72. The molecule has 11 heteroatoms. The van der Waals surface area contributed by atoms with Gasteiger partial charge in [0.2, 0.25) is 0 Å². The van der Waals surface area contributed by atoms with Crippen molar-refractivity contribution in [1.29, 1.82) is 0 Å². The van der Waals surface area contributed by atoms with Gasteiger partial charge >= 0.3 is 18.2 Å². The summed E-state index contributed by atoms with van der Waals surface area (Å²) in [4.78, 5) is 45.6. The Kier molecular flexibility index (Phi) is 11.2. The number of carbonyl (C=O) groups excluding carboxylic acids is 1. The summed E-state index contributed by atoms with van der Waals surface area (Å²) < 4.78 is 5.44. The SMILES string of the molecule is CCCCN(CCN(CCN(CCCC)C(=O)O)C(=O)N1c2ccccc2Sc2ccc(OC)cc21)C(=O)O. The van der Waals surface area contributed by atoms with Gasteiger partial charge in [-0.15, -0.1) is 0 Å². The smallest absolute Gasteiger partial charge is 0.407 e. The van der Waals surface area contributed by atoms with Crippen molar-refractivity contribution in [3.05, 3.63) is 42.5 Å². The molecule has 1 heterocycles. The number of benzene rings is 2. The number of ether oxygens (including phenoxy) is 1. The number of hydrogen-bond acceptors (Lipinski definition) is 5. The summed E-state index contributed by atoms with van der Waals surface area (Å²) in [6.45, 7) is 5.22. The van der Waals surface area contributed by atoms with Crippen LogP contribution in [0.15, 0.2) is 52.3 Å². The molecular formula is C28H38N4O6S. The number of anilines is 2. The molecule has 0 unspecified atom stereocenters. The van der Waals surface area contributed by atoms with Gasteiger partial charge in [-0.1, -0.05) is 50.6 Å². The lowest BCUT2D eigenvalue weighted by molar-refractivity contribution is 0.128. The second-order valence-corrected chi connectivity index (χ2v) is 10.3. The molecule has 2 aromatic rings. The molecule has 0 bridgehead atoms. The molecule has 4 amide bonds. The Morgan fingerprint density at radius 2 is 1.31 bits per heavy atom. The van der Waals surface area contributed by atoms with E-state index in [1.807, 2.05) is 56.3 Å². The zero-order valence-corrected chi connectivity index (χ0v) is 23.7. The summed E-state index contributed by atoms with van der Waals surface area (Å²) in [5.74, 6) is 0.603. The lowest BCUT2D eigenvalue weighted by Gasteiger charge is -2.36. The van der Waals surface area contributed by atoms with Gasteiger partial charge in [-0.3, -0.25) is 4.90 Å². The summed E-state index contributed by atoms with van der Waals surface area (Å²) in [6.07, 6.45) is 1.04. The normalized spacial score (nSPS) is 11.8. The number of hydrogen-bond donors (Lipinski definition) is 2. The number of amides is 4. The van der Waals surface area contributed by atoms with Gasteiger partial charge in [0.15, 0.2) is 0 Å².